The monoisotopic (exact) mass is 400 g/mol. The van der Waals surface area contributed by atoms with Crippen molar-refractivity contribution < 1.29 is 19.1 Å². The normalized spacial score (nSPS) is 11.1. The second-order valence-electron chi connectivity index (χ2n) is 6.52. The van der Waals surface area contributed by atoms with Gasteiger partial charge in [-0.3, -0.25) is 4.79 Å². The van der Waals surface area contributed by atoms with Crippen molar-refractivity contribution in [3.05, 3.63) is 95.6 Å². The maximum atomic E-state index is 12.4. The molecule has 3 aromatic rings. The van der Waals surface area contributed by atoms with Crippen LogP contribution >= 0.6 is 0 Å². The third-order valence-electron chi connectivity index (χ3n) is 4.22. The average Bonchev–Trinajstić information content (AvgIpc) is 2.78. The van der Waals surface area contributed by atoms with Crippen molar-refractivity contribution in [3.8, 4) is 17.6 Å². The van der Waals surface area contributed by atoms with E-state index < -0.39 is 12.1 Å². The predicted molar refractivity (Wildman–Crippen MR) is 111 cm³/mol. The van der Waals surface area contributed by atoms with E-state index in [1.807, 2.05) is 36.4 Å². The molecule has 1 atom stereocenters. The maximum Gasteiger partial charge on any atom is 0.352 e. The molecule has 0 aliphatic heterocycles. The minimum Gasteiger partial charge on any atom is -0.479 e. The molecular weight excluding hydrogens is 380 g/mol. The minimum atomic E-state index is -0.894. The lowest BCUT2D eigenvalue weighted by molar-refractivity contribution is -0.141. The van der Waals surface area contributed by atoms with Gasteiger partial charge < -0.3 is 14.8 Å². The molecule has 0 saturated heterocycles. The molecule has 3 rings (SSSR count). The summed E-state index contributed by atoms with van der Waals surface area (Å²) in [5.74, 6) is -0.241. The van der Waals surface area contributed by atoms with Crippen molar-refractivity contribution >= 4 is 11.9 Å². The lowest BCUT2D eigenvalue weighted by atomic mass is 10.2. The number of nitrogens with one attached hydrogen (secondary N) is 1. The molecule has 0 aliphatic rings. The van der Waals surface area contributed by atoms with Crippen LogP contribution < -0.4 is 14.8 Å². The highest BCUT2D eigenvalue weighted by atomic mass is 16.6. The van der Waals surface area contributed by atoms with Gasteiger partial charge in [0.15, 0.2) is 6.10 Å². The summed E-state index contributed by atoms with van der Waals surface area (Å²) in [6, 6.07) is 24.5. The Morgan fingerprint density at radius 3 is 2.47 bits per heavy atom. The fourth-order valence-electron chi connectivity index (χ4n) is 2.67. The van der Waals surface area contributed by atoms with Crippen LogP contribution in [0.5, 0.6) is 11.5 Å². The van der Waals surface area contributed by atoms with Gasteiger partial charge in [-0.1, -0.05) is 42.5 Å². The molecule has 1 N–H and O–H groups in total. The Morgan fingerprint density at radius 1 is 0.967 bits per heavy atom. The summed E-state index contributed by atoms with van der Waals surface area (Å²) in [5, 5.41) is 11.8. The van der Waals surface area contributed by atoms with Crippen molar-refractivity contribution in [2.24, 2.45) is 0 Å². The molecule has 0 radical (unpaired) electrons. The first-order chi connectivity index (χ1) is 14.5. The summed E-state index contributed by atoms with van der Waals surface area (Å²) < 4.78 is 10.9. The molecule has 3 aromatic carbocycles. The van der Waals surface area contributed by atoms with Crippen molar-refractivity contribution in [1.82, 2.24) is 5.32 Å². The number of nitriles is 1. The van der Waals surface area contributed by atoms with Gasteiger partial charge in [-0.05, 0) is 48.9 Å². The zero-order valence-corrected chi connectivity index (χ0v) is 16.4. The second kappa shape index (κ2) is 9.89. The number of hydrogen-bond donors (Lipinski definition) is 1. The first-order valence-electron chi connectivity index (χ1n) is 9.36. The fourth-order valence-corrected chi connectivity index (χ4v) is 2.67. The van der Waals surface area contributed by atoms with Crippen LogP contribution in [0.25, 0.3) is 0 Å². The molecule has 0 bridgehead atoms. The van der Waals surface area contributed by atoms with Crippen molar-refractivity contribution in [2.75, 3.05) is 0 Å². The summed E-state index contributed by atoms with van der Waals surface area (Å²) in [7, 11) is 0. The van der Waals surface area contributed by atoms with Crippen LogP contribution in [0.3, 0.4) is 0 Å². The summed E-state index contributed by atoms with van der Waals surface area (Å²) in [6.07, 6.45) is -0.894. The standard InChI is InChI=1S/C24H20N2O4/c1-17(29-21-11-5-9-19(13-21)15-25)24(28)30-22-12-6-10-20(14-22)23(27)26-16-18-7-3-2-4-8-18/h2-14,17H,16H2,1H3,(H,26,27). The van der Waals surface area contributed by atoms with E-state index in [4.69, 9.17) is 14.7 Å². The first-order valence-corrected chi connectivity index (χ1v) is 9.36. The van der Waals surface area contributed by atoms with Crippen LogP contribution in [0, 0.1) is 11.3 Å². The van der Waals surface area contributed by atoms with E-state index in [0.29, 0.717) is 23.4 Å². The molecule has 0 spiro atoms. The fraction of sp³-hybridized carbons (Fsp3) is 0.125. The Balaban J connectivity index is 1.59. The molecule has 30 heavy (non-hydrogen) atoms. The number of carbonyl (C=O) groups is 2. The van der Waals surface area contributed by atoms with Gasteiger partial charge in [0.2, 0.25) is 0 Å². The van der Waals surface area contributed by atoms with Gasteiger partial charge in [0, 0.05) is 12.1 Å². The van der Waals surface area contributed by atoms with Gasteiger partial charge in [0.25, 0.3) is 5.91 Å². The molecule has 0 aliphatic carbocycles. The highest BCUT2D eigenvalue weighted by molar-refractivity contribution is 5.94. The summed E-state index contributed by atoms with van der Waals surface area (Å²) >= 11 is 0. The van der Waals surface area contributed by atoms with Crippen LogP contribution in [-0.2, 0) is 11.3 Å². The molecule has 0 saturated carbocycles. The Kier molecular flexibility index (Phi) is 6.80. The number of ether oxygens (including phenoxy) is 2. The number of amides is 1. The van der Waals surface area contributed by atoms with E-state index in [1.165, 1.54) is 6.07 Å². The highest BCUT2D eigenvalue weighted by Crippen LogP contribution is 2.17. The predicted octanol–water partition coefficient (Wildman–Crippen LogP) is 3.86. The van der Waals surface area contributed by atoms with Crippen molar-refractivity contribution in [3.63, 3.8) is 0 Å². The minimum absolute atomic E-state index is 0.244. The third kappa shape index (κ3) is 5.69. The van der Waals surface area contributed by atoms with Gasteiger partial charge in [-0.2, -0.15) is 5.26 Å². The lowest BCUT2D eigenvalue weighted by Crippen LogP contribution is -2.28. The topological polar surface area (TPSA) is 88.4 Å². The average molecular weight is 400 g/mol. The molecule has 6 nitrogen and oxygen atoms in total. The summed E-state index contributed by atoms with van der Waals surface area (Å²) in [5.41, 5.74) is 1.80. The van der Waals surface area contributed by atoms with Crippen LogP contribution in [-0.4, -0.2) is 18.0 Å². The van der Waals surface area contributed by atoms with Crippen LogP contribution in [0.4, 0.5) is 0 Å². The van der Waals surface area contributed by atoms with E-state index in [2.05, 4.69) is 5.32 Å². The SMILES string of the molecule is CC(Oc1cccc(C#N)c1)C(=O)Oc1cccc(C(=O)NCc2ccccc2)c1. The van der Waals surface area contributed by atoms with Gasteiger partial charge in [0.1, 0.15) is 11.5 Å². The third-order valence-corrected chi connectivity index (χ3v) is 4.22. The van der Waals surface area contributed by atoms with Gasteiger partial charge >= 0.3 is 5.97 Å². The number of benzene rings is 3. The number of nitrogens with zero attached hydrogens (tertiary/aromatic N) is 1. The largest absolute Gasteiger partial charge is 0.479 e. The lowest BCUT2D eigenvalue weighted by Gasteiger charge is -2.14. The summed E-state index contributed by atoms with van der Waals surface area (Å²) in [6.45, 7) is 1.95. The van der Waals surface area contributed by atoms with E-state index in [-0.39, 0.29) is 11.7 Å². The maximum absolute atomic E-state index is 12.4. The van der Waals surface area contributed by atoms with Gasteiger partial charge in [-0.25, -0.2) is 4.79 Å². The Bertz CT molecular complexity index is 1070. The zero-order valence-electron chi connectivity index (χ0n) is 16.4. The van der Waals surface area contributed by atoms with E-state index in [0.717, 1.165) is 5.56 Å². The number of esters is 1. The molecule has 0 aromatic heterocycles. The Morgan fingerprint density at radius 2 is 1.70 bits per heavy atom. The zero-order chi connectivity index (χ0) is 21.3. The molecule has 0 heterocycles. The quantitative estimate of drug-likeness (QED) is 0.481. The van der Waals surface area contributed by atoms with Crippen LogP contribution in [0.1, 0.15) is 28.4 Å². The van der Waals surface area contributed by atoms with E-state index >= 15 is 0 Å². The molecule has 6 heteroatoms. The van der Waals surface area contributed by atoms with Gasteiger partial charge in [-0.15, -0.1) is 0 Å². The number of rotatable bonds is 7. The smallest absolute Gasteiger partial charge is 0.352 e. The van der Waals surface area contributed by atoms with E-state index in [9.17, 15) is 9.59 Å². The molecule has 150 valence electrons. The Hall–Kier alpha value is -4.11. The van der Waals surface area contributed by atoms with Gasteiger partial charge in [0.05, 0.1) is 11.6 Å². The number of hydrogen-bond acceptors (Lipinski definition) is 5. The molecule has 1 unspecified atom stereocenters. The van der Waals surface area contributed by atoms with Crippen molar-refractivity contribution in [2.45, 2.75) is 19.6 Å². The van der Waals surface area contributed by atoms with E-state index in [1.54, 1.807) is 49.4 Å². The van der Waals surface area contributed by atoms with Crippen molar-refractivity contribution in [1.29, 1.82) is 5.26 Å². The second-order valence-corrected chi connectivity index (χ2v) is 6.52. The highest BCUT2D eigenvalue weighted by Gasteiger charge is 2.18. The Labute approximate surface area is 174 Å². The van der Waals surface area contributed by atoms with Crippen LogP contribution in [0.2, 0.25) is 0 Å². The summed E-state index contributed by atoms with van der Waals surface area (Å²) in [4.78, 5) is 24.7. The molecular formula is C24H20N2O4. The molecule has 0 fully saturated rings. The van der Waals surface area contributed by atoms with Crippen LogP contribution in [0.15, 0.2) is 78.9 Å². The number of carbonyl (C=O) groups excluding carboxylic acids is 2. The molecule has 1 amide bonds. The first kappa shape index (κ1) is 20.6.